The zero-order chi connectivity index (χ0) is 17.9. The maximum Gasteiger partial charge on any atom is 0.307 e. The van der Waals surface area contributed by atoms with Gasteiger partial charge in [0.1, 0.15) is 0 Å². The van der Waals surface area contributed by atoms with E-state index in [1.54, 1.807) is 18.2 Å². The van der Waals surface area contributed by atoms with Crippen molar-refractivity contribution < 1.29 is 23.1 Å². The summed E-state index contributed by atoms with van der Waals surface area (Å²) in [5.74, 6) is -2.89. The minimum Gasteiger partial charge on any atom is -0.481 e. The fraction of sp³-hybridized carbons (Fsp3) is 0.375. The first kappa shape index (κ1) is 18.2. The van der Waals surface area contributed by atoms with Crippen molar-refractivity contribution in [3.8, 4) is 0 Å². The second-order valence-corrected chi connectivity index (χ2v) is 7.95. The zero-order valence-electron chi connectivity index (χ0n) is 13.5. The van der Waals surface area contributed by atoms with E-state index in [0.29, 0.717) is 18.5 Å². The van der Waals surface area contributed by atoms with Crippen molar-refractivity contribution in [2.24, 2.45) is 11.8 Å². The van der Waals surface area contributed by atoms with Crippen molar-refractivity contribution >= 4 is 27.6 Å². The summed E-state index contributed by atoms with van der Waals surface area (Å²) >= 11 is 0. The topological polar surface area (TPSA) is 104 Å². The number of carbonyl (C=O) groups is 2. The van der Waals surface area contributed by atoms with Crippen molar-refractivity contribution in [2.75, 3.05) is 19.4 Å². The van der Waals surface area contributed by atoms with E-state index in [4.69, 9.17) is 0 Å². The highest BCUT2D eigenvalue weighted by Gasteiger charge is 2.34. The van der Waals surface area contributed by atoms with Gasteiger partial charge in [0.05, 0.1) is 16.7 Å². The molecule has 0 unspecified atom stereocenters. The molecule has 0 saturated carbocycles. The molecule has 1 aliphatic rings. The number of rotatable bonds is 5. The maximum absolute atomic E-state index is 12.4. The van der Waals surface area contributed by atoms with Gasteiger partial charge in [-0.25, -0.2) is 12.7 Å². The third kappa shape index (κ3) is 3.82. The molecule has 1 amide bonds. The van der Waals surface area contributed by atoms with E-state index in [0.717, 1.165) is 4.31 Å². The molecule has 0 saturated heterocycles. The summed E-state index contributed by atoms with van der Waals surface area (Å²) in [6, 6.07) is 5.90. The summed E-state index contributed by atoms with van der Waals surface area (Å²) in [6.07, 6.45) is 4.20. The molecule has 0 spiro atoms. The summed E-state index contributed by atoms with van der Waals surface area (Å²) in [6.45, 7) is 0. The number of nitrogens with one attached hydrogen (secondary N) is 1. The van der Waals surface area contributed by atoms with E-state index in [1.165, 1.54) is 32.3 Å². The highest BCUT2D eigenvalue weighted by Crippen LogP contribution is 2.27. The zero-order valence-corrected chi connectivity index (χ0v) is 14.3. The number of carboxylic acid groups (broad SMARTS) is 1. The van der Waals surface area contributed by atoms with Crippen LogP contribution in [0.25, 0.3) is 0 Å². The van der Waals surface area contributed by atoms with E-state index < -0.39 is 33.7 Å². The molecular formula is C16H20N2O5S. The van der Waals surface area contributed by atoms with Crippen molar-refractivity contribution in [3.05, 3.63) is 36.4 Å². The van der Waals surface area contributed by atoms with Gasteiger partial charge in [-0.1, -0.05) is 18.2 Å². The molecule has 0 fully saturated rings. The van der Waals surface area contributed by atoms with Crippen molar-refractivity contribution in [1.82, 2.24) is 4.31 Å². The van der Waals surface area contributed by atoms with Gasteiger partial charge in [0.15, 0.2) is 0 Å². The highest BCUT2D eigenvalue weighted by molar-refractivity contribution is 7.89. The number of allylic oxidation sites excluding steroid dienone is 2. The van der Waals surface area contributed by atoms with E-state index in [-0.39, 0.29) is 4.90 Å². The molecule has 0 heterocycles. The molecule has 1 aromatic carbocycles. The van der Waals surface area contributed by atoms with Gasteiger partial charge < -0.3 is 10.4 Å². The Hall–Kier alpha value is -2.19. The maximum atomic E-state index is 12.4. The van der Waals surface area contributed by atoms with Crippen LogP contribution in [0, 0.1) is 11.8 Å². The Morgan fingerprint density at radius 1 is 1.17 bits per heavy atom. The summed E-state index contributed by atoms with van der Waals surface area (Å²) in [5, 5.41) is 11.9. The van der Waals surface area contributed by atoms with Crippen LogP contribution in [0.15, 0.2) is 41.3 Å². The van der Waals surface area contributed by atoms with E-state index in [1.807, 2.05) is 0 Å². The van der Waals surface area contributed by atoms with Gasteiger partial charge in [-0.3, -0.25) is 9.59 Å². The molecule has 2 N–H and O–H groups in total. The van der Waals surface area contributed by atoms with Crippen molar-refractivity contribution in [3.63, 3.8) is 0 Å². The predicted octanol–water partition coefficient (Wildman–Crippen LogP) is 1.54. The van der Waals surface area contributed by atoms with E-state index >= 15 is 0 Å². The monoisotopic (exact) mass is 352 g/mol. The average Bonchev–Trinajstić information content (AvgIpc) is 2.54. The Labute approximate surface area is 141 Å². The summed E-state index contributed by atoms with van der Waals surface area (Å²) < 4.78 is 25.4. The number of amides is 1. The largest absolute Gasteiger partial charge is 0.481 e. The van der Waals surface area contributed by atoms with Gasteiger partial charge in [-0.2, -0.15) is 0 Å². The van der Waals surface area contributed by atoms with Gasteiger partial charge in [0.2, 0.25) is 15.9 Å². The second kappa shape index (κ2) is 7.14. The molecule has 0 aliphatic heterocycles. The molecule has 2 rings (SSSR count). The van der Waals surface area contributed by atoms with Crippen LogP contribution >= 0.6 is 0 Å². The smallest absolute Gasteiger partial charge is 0.307 e. The molecule has 8 heteroatoms. The van der Waals surface area contributed by atoms with Crippen LogP contribution in [0.4, 0.5) is 5.69 Å². The number of carbonyl (C=O) groups excluding carboxylic acids is 1. The Kier molecular flexibility index (Phi) is 5.40. The van der Waals surface area contributed by atoms with Gasteiger partial charge in [0.25, 0.3) is 0 Å². The van der Waals surface area contributed by atoms with E-state index in [2.05, 4.69) is 5.32 Å². The minimum atomic E-state index is -3.61. The first-order valence-corrected chi connectivity index (χ1v) is 8.88. The summed E-state index contributed by atoms with van der Waals surface area (Å²) in [5.41, 5.74) is 0.321. The van der Waals surface area contributed by atoms with Crippen LogP contribution in [0.2, 0.25) is 0 Å². The Bertz CT molecular complexity index is 770. The highest BCUT2D eigenvalue weighted by atomic mass is 32.2. The minimum absolute atomic E-state index is 0.0589. The number of sulfonamides is 1. The predicted molar refractivity (Wildman–Crippen MR) is 88.9 cm³/mol. The lowest BCUT2D eigenvalue weighted by atomic mass is 9.82. The third-order valence-electron chi connectivity index (χ3n) is 3.97. The molecule has 1 aromatic rings. The number of aliphatic carboxylic acids is 1. The average molecular weight is 352 g/mol. The number of carboxylic acids is 1. The second-order valence-electron chi connectivity index (χ2n) is 5.80. The van der Waals surface area contributed by atoms with E-state index in [9.17, 15) is 23.1 Å². The van der Waals surface area contributed by atoms with Gasteiger partial charge >= 0.3 is 5.97 Å². The first-order valence-electron chi connectivity index (χ1n) is 7.44. The fourth-order valence-corrected chi connectivity index (χ4v) is 3.51. The Balaban J connectivity index is 2.21. The Morgan fingerprint density at radius 3 is 2.38 bits per heavy atom. The number of benzene rings is 1. The van der Waals surface area contributed by atoms with Crippen LogP contribution in [0.3, 0.4) is 0 Å². The molecule has 2 atom stereocenters. The molecule has 24 heavy (non-hydrogen) atoms. The molecular weight excluding hydrogens is 332 g/mol. The molecule has 0 bridgehead atoms. The van der Waals surface area contributed by atoms with Crippen molar-refractivity contribution in [1.29, 1.82) is 0 Å². The lowest BCUT2D eigenvalue weighted by Gasteiger charge is -2.24. The fourth-order valence-electron chi connectivity index (χ4n) is 2.56. The van der Waals surface area contributed by atoms with Gasteiger partial charge in [0, 0.05) is 19.8 Å². The van der Waals surface area contributed by atoms with Gasteiger partial charge in [-0.05, 0) is 31.0 Å². The molecule has 1 aliphatic carbocycles. The lowest BCUT2D eigenvalue weighted by Crippen LogP contribution is -2.34. The van der Waals surface area contributed by atoms with Crippen LogP contribution < -0.4 is 5.32 Å². The first-order chi connectivity index (χ1) is 11.2. The summed E-state index contributed by atoms with van der Waals surface area (Å²) in [4.78, 5) is 23.8. The standard InChI is InChI=1S/C16H20N2O5S/c1-18(2)24(22,23)12-7-5-6-11(10-12)17-15(19)13-8-3-4-9-14(13)16(20)21/h3-7,10,13-14H,8-9H2,1-2H3,(H,17,19)(H,20,21)/t13-,14-/m1/s1. The van der Waals surface area contributed by atoms with Crippen molar-refractivity contribution in [2.45, 2.75) is 17.7 Å². The molecule has 0 radical (unpaired) electrons. The normalized spacial score (nSPS) is 20.8. The van der Waals surface area contributed by atoms with Crippen LogP contribution in [-0.4, -0.2) is 43.8 Å². The van der Waals surface area contributed by atoms with Crippen LogP contribution in [0.1, 0.15) is 12.8 Å². The van der Waals surface area contributed by atoms with Crippen LogP contribution in [0.5, 0.6) is 0 Å². The number of hydrogen-bond donors (Lipinski definition) is 2. The number of nitrogens with zero attached hydrogens (tertiary/aromatic N) is 1. The summed E-state index contributed by atoms with van der Waals surface area (Å²) in [7, 11) is -0.761. The molecule has 0 aromatic heterocycles. The SMILES string of the molecule is CN(C)S(=O)(=O)c1cccc(NC(=O)[C@@H]2CC=CC[C@H]2C(=O)O)c1. The quantitative estimate of drug-likeness (QED) is 0.782. The Morgan fingerprint density at radius 2 is 1.79 bits per heavy atom. The lowest BCUT2D eigenvalue weighted by molar-refractivity contribution is -0.146. The number of anilines is 1. The molecule has 7 nitrogen and oxygen atoms in total. The third-order valence-corrected chi connectivity index (χ3v) is 5.78. The molecule has 130 valence electrons. The number of hydrogen-bond acceptors (Lipinski definition) is 4. The van der Waals surface area contributed by atoms with Crippen LogP contribution in [-0.2, 0) is 19.6 Å². The van der Waals surface area contributed by atoms with Gasteiger partial charge in [-0.15, -0.1) is 0 Å².